The summed E-state index contributed by atoms with van der Waals surface area (Å²) < 4.78 is 36.4. The Morgan fingerprint density at radius 3 is 1.70 bits per heavy atom. The third-order valence-corrected chi connectivity index (χ3v) is 9.52. The van der Waals surface area contributed by atoms with Crippen molar-refractivity contribution in [2.24, 2.45) is 0 Å². The quantitative estimate of drug-likeness (QED) is 0.196. The van der Waals surface area contributed by atoms with Gasteiger partial charge in [-0.2, -0.15) is 0 Å². The minimum atomic E-state index is -4.15. The van der Waals surface area contributed by atoms with Gasteiger partial charge in [0.25, 0.3) is 11.8 Å². The van der Waals surface area contributed by atoms with Crippen LogP contribution in [0.2, 0.25) is 0 Å². The highest BCUT2D eigenvalue weighted by Gasteiger charge is 2.49. The molecule has 2 saturated heterocycles. The SMILES string of the molecule is CCOC(=O)CNC(=O)c1ccc(OP(=O)(Oc2ccc(C(=O)NCC(=O)OCC)cc2)C2CCCN2C(=O)C2CCCN2)cc1.Cl. The van der Waals surface area contributed by atoms with E-state index in [-0.39, 0.29) is 73.3 Å². The first-order valence-corrected chi connectivity index (χ1v) is 16.8. The molecule has 2 aromatic rings. The van der Waals surface area contributed by atoms with Gasteiger partial charge in [-0.1, -0.05) is 0 Å². The Morgan fingerprint density at radius 2 is 1.28 bits per heavy atom. The number of likely N-dealkylation sites (tertiary alicyclic amines) is 1. The minimum absolute atomic E-state index is 0. The van der Waals surface area contributed by atoms with Crippen LogP contribution in [0, 0.1) is 0 Å². The summed E-state index contributed by atoms with van der Waals surface area (Å²) in [4.78, 5) is 63.1. The lowest BCUT2D eigenvalue weighted by atomic mass is 10.2. The smallest absolute Gasteiger partial charge is 0.453 e. The molecule has 2 aromatic carbocycles. The molecule has 4 rings (SSSR count). The van der Waals surface area contributed by atoms with Crippen LogP contribution in [0.4, 0.5) is 0 Å². The number of esters is 2. The molecule has 0 aromatic heterocycles. The van der Waals surface area contributed by atoms with Gasteiger partial charge in [0.15, 0.2) is 5.78 Å². The Balaban J connectivity index is 0.00000600. The molecule has 2 heterocycles. The third-order valence-electron chi connectivity index (χ3n) is 7.32. The monoisotopic (exact) mass is 694 g/mol. The molecule has 2 atom stereocenters. The molecular formula is C31H40ClN4O10P. The largest absolute Gasteiger partial charge is 0.465 e. The summed E-state index contributed by atoms with van der Waals surface area (Å²) in [5.74, 6) is -2.94. The van der Waals surface area contributed by atoms with Gasteiger partial charge in [-0.25, -0.2) is 4.57 Å². The number of nitrogens with zero attached hydrogens (tertiary/aromatic N) is 1. The van der Waals surface area contributed by atoms with Crippen molar-refractivity contribution in [2.45, 2.75) is 51.4 Å². The van der Waals surface area contributed by atoms with Gasteiger partial charge < -0.3 is 39.4 Å². The van der Waals surface area contributed by atoms with Crippen LogP contribution in [0.3, 0.4) is 0 Å². The fourth-order valence-corrected chi connectivity index (χ4v) is 7.31. The summed E-state index contributed by atoms with van der Waals surface area (Å²) >= 11 is 0. The predicted octanol–water partition coefficient (Wildman–Crippen LogP) is 3.05. The van der Waals surface area contributed by atoms with Crippen LogP contribution in [0.15, 0.2) is 48.5 Å². The van der Waals surface area contributed by atoms with Crippen LogP contribution < -0.4 is 25.0 Å². The van der Waals surface area contributed by atoms with Crippen LogP contribution in [0.1, 0.15) is 60.2 Å². The Kier molecular flexibility index (Phi) is 14.1. The molecule has 2 aliphatic rings. The maximum Gasteiger partial charge on any atom is 0.453 e. The molecule has 16 heteroatoms. The number of hydrogen-bond acceptors (Lipinski definition) is 11. The molecule has 2 unspecified atom stereocenters. The van der Waals surface area contributed by atoms with E-state index in [2.05, 4.69) is 16.0 Å². The molecule has 2 fully saturated rings. The minimum Gasteiger partial charge on any atom is -0.465 e. The average molecular weight is 695 g/mol. The van der Waals surface area contributed by atoms with Gasteiger partial charge in [-0.15, -0.1) is 12.4 Å². The van der Waals surface area contributed by atoms with Crippen molar-refractivity contribution in [3.63, 3.8) is 0 Å². The topological polar surface area (TPSA) is 179 Å². The summed E-state index contributed by atoms with van der Waals surface area (Å²) in [5.41, 5.74) is 0.461. The first kappa shape index (κ1) is 37.3. The highest BCUT2D eigenvalue weighted by atomic mass is 35.5. The highest BCUT2D eigenvalue weighted by molar-refractivity contribution is 7.55. The summed E-state index contributed by atoms with van der Waals surface area (Å²) in [6.07, 6.45) is 2.50. The van der Waals surface area contributed by atoms with E-state index in [1.807, 2.05) is 0 Å². The van der Waals surface area contributed by atoms with E-state index in [0.717, 1.165) is 13.0 Å². The van der Waals surface area contributed by atoms with Gasteiger partial charge in [0.05, 0.1) is 19.3 Å². The van der Waals surface area contributed by atoms with E-state index in [0.29, 0.717) is 25.8 Å². The lowest BCUT2D eigenvalue weighted by Gasteiger charge is -2.32. The Labute approximate surface area is 279 Å². The molecular weight excluding hydrogens is 655 g/mol. The number of carbonyl (C=O) groups excluding carboxylic acids is 5. The zero-order valence-electron chi connectivity index (χ0n) is 26.2. The van der Waals surface area contributed by atoms with Gasteiger partial charge >= 0.3 is 19.5 Å². The van der Waals surface area contributed by atoms with Crippen LogP contribution >= 0.6 is 20.0 Å². The summed E-state index contributed by atoms with van der Waals surface area (Å²) in [6, 6.07) is 11.2. The van der Waals surface area contributed by atoms with Gasteiger partial charge in [0, 0.05) is 17.7 Å². The fraction of sp³-hybridized carbons (Fsp3) is 0.452. The molecule has 3 amide bonds. The number of amides is 3. The molecule has 0 spiro atoms. The lowest BCUT2D eigenvalue weighted by Crippen LogP contribution is -2.46. The molecule has 0 bridgehead atoms. The number of hydrogen-bond donors (Lipinski definition) is 3. The number of rotatable bonds is 14. The van der Waals surface area contributed by atoms with Gasteiger partial charge in [-0.05, 0) is 94.6 Å². The zero-order chi connectivity index (χ0) is 33.1. The van der Waals surface area contributed by atoms with Gasteiger partial charge in [-0.3, -0.25) is 24.0 Å². The fourth-order valence-electron chi connectivity index (χ4n) is 5.13. The van der Waals surface area contributed by atoms with Gasteiger partial charge in [0.1, 0.15) is 24.6 Å². The second-order valence-corrected chi connectivity index (χ2v) is 12.6. The van der Waals surface area contributed by atoms with Crippen molar-refractivity contribution >= 4 is 49.7 Å². The summed E-state index contributed by atoms with van der Waals surface area (Å²) in [5, 5.41) is 8.13. The summed E-state index contributed by atoms with van der Waals surface area (Å²) in [6.45, 7) is 4.25. The number of halogens is 1. The molecule has 14 nitrogen and oxygen atoms in total. The molecule has 47 heavy (non-hydrogen) atoms. The van der Waals surface area contributed by atoms with Gasteiger partial charge in [0.2, 0.25) is 5.91 Å². The van der Waals surface area contributed by atoms with E-state index in [1.54, 1.807) is 18.7 Å². The van der Waals surface area contributed by atoms with Crippen molar-refractivity contribution in [3.05, 3.63) is 59.7 Å². The van der Waals surface area contributed by atoms with Crippen molar-refractivity contribution in [1.82, 2.24) is 20.9 Å². The molecule has 0 radical (unpaired) electrons. The first-order chi connectivity index (χ1) is 22.1. The molecule has 0 saturated carbocycles. The number of benzene rings is 2. The second kappa shape index (κ2) is 17.7. The summed E-state index contributed by atoms with van der Waals surface area (Å²) in [7, 11) is -4.15. The van der Waals surface area contributed by atoms with Crippen molar-refractivity contribution in [3.8, 4) is 11.5 Å². The van der Waals surface area contributed by atoms with Crippen LogP contribution in [-0.2, 0) is 28.4 Å². The van der Waals surface area contributed by atoms with Crippen LogP contribution in [-0.4, -0.2) is 85.8 Å². The van der Waals surface area contributed by atoms with Crippen LogP contribution in [0.25, 0.3) is 0 Å². The molecule has 0 aliphatic carbocycles. The van der Waals surface area contributed by atoms with Crippen LogP contribution in [0.5, 0.6) is 11.5 Å². The Hall–Kier alpha value is -4.13. The normalized spacial score (nSPS) is 17.2. The zero-order valence-corrected chi connectivity index (χ0v) is 27.9. The van der Waals surface area contributed by atoms with E-state index in [9.17, 15) is 28.5 Å². The predicted molar refractivity (Wildman–Crippen MR) is 173 cm³/mol. The molecule has 256 valence electrons. The Bertz CT molecular complexity index is 1370. The van der Waals surface area contributed by atoms with Crippen molar-refractivity contribution < 1.29 is 47.1 Å². The van der Waals surface area contributed by atoms with E-state index < -0.39 is 37.1 Å². The number of nitrogens with one attached hydrogen (secondary N) is 3. The number of carbonyl (C=O) groups is 5. The van der Waals surface area contributed by atoms with Crippen molar-refractivity contribution in [2.75, 3.05) is 39.4 Å². The van der Waals surface area contributed by atoms with E-state index >= 15 is 0 Å². The molecule has 2 aliphatic heterocycles. The Morgan fingerprint density at radius 1 is 0.787 bits per heavy atom. The maximum atomic E-state index is 14.7. The molecule has 3 N–H and O–H groups in total. The maximum absolute atomic E-state index is 14.7. The highest BCUT2D eigenvalue weighted by Crippen LogP contribution is 2.57. The average Bonchev–Trinajstić information content (AvgIpc) is 3.77. The van der Waals surface area contributed by atoms with E-state index in [4.69, 9.17) is 18.5 Å². The number of ether oxygens (including phenoxy) is 2. The second-order valence-electron chi connectivity index (χ2n) is 10.5. The van der Waals surface area contributed by atoms with E-state index in [1.165, 1.54) is 48.5 Å². The third kappa shape index (κ3) is 10.2. The first-order valence-electron chi connectivity index (χ1n) is 15.2. The standard InChI is InChI=1S/C31H39N4O10P.ClH/c1-3-42-27(36)19-33-29(38)21-9-13-23(14-10-21)44-46(41,26-8-6-18-35(26)31(40)25-7-5-17-32-25)45-24-15-11-22(12-16-24)30(39)34-20-28(37)43-4-2;/h9-16,25-26,32H,3-8,17-20H2,1-2H3,(H,33,38)(H,34,39);1H. The lowest BCUT2D eigenvalue weighted by molar-refractivity contribution is -0.142. The van der Waals surface area contributed by atoms with Crippen molar-refractivity contribution in [1.29, 1.82) is 0 Å².